The van der Waals surface area contributed by atoms with E-state index < -0.39 is 12.0 Å². The summed E-state index contributed by atoms with van der Waals surface area (Å²) in [6, 6.07) is 6.28. The number of benzene rings is 1. The molecule has 0 aliphatic heterocycles. The molecule has 3 N–H and O–H groups in total. The number of hydrogen-bond donors (Lipinski definition) is 2. The van der Waals surface area contributed by atoms with Crippen molar-refractivity contribution < 1.29 is 9.90 Å². The molecule has 0 spiro atoms. The second-order valence-corrected chi connectivity index (χ2v) is 2.79. The summed E-state index contributed by atoms with van der Waals surface area (Å²) in [6.07, 6.45) is -1.25. The van der Waals surface area contributed by atoms with Gasteiger partial charge in [0.25, 0.3) is 5.91 Å². The molecular formula is C8H10ClNO2S. The minimum Gasteiger partial charge on any atom is -0.378 e. The Kier molecular flexibility index (Phi) is 4.83. The number of nitrogens with two attached hydrogens (primary N) is 1. The van der Waals surface area contributed by atoms with Crippen molar-refractivity contribution in [1.29, 1.82) is 0 Å². The van der Waals surface area contributed by atoms with Crippen molar-refractivity contribution >= 4 is 31.0 Å². The van der Waals surface area contributed by atoms with Gasteiger partial charge in [0.1, 0.15) is 0 Å². The van der Waals surface area contributed by atoms with E-state index in [0.717, 1.165) is 0 Å². The third-order valence-corrected chi connectivity index (χ3v) is 1.71. The molecule has 0 bridgehead atoms. The van der Waals surface area contributed by atoms with Crippen molar-refractivity contribution in [1.82, 2.24) is 0 Å². The standard InChI is InChI=1S/C8H8ClNO2.H2S/c9-6-3-1-5(2-4-6)7(11)8(10)12;/h1-4,7,11H,(H2,10,12);1H2/t7-;/m0./s1. The molecule has 0 unspecified atom stereocenters. The number of primary amides is 1. The third kappa shape index (κ3) is 3.26. The van der Waals surface area contributed by atoms with Crippen LogP contribution in [0.25, 0.3) is 0 Å². The van der Waals surface area contributed by atoms with Gasteiger partial charge in [-0.25, -0.2) is 0 Å². The number of carbonyl (C=O) groups is 1. The zero-order valence-corrected chi connectivity index (χ0v) is 8.45. The lowest BCUT2D eigenvalue weighted by molar-refractivity contribution is -0.126. The lowest BCUT2D eigenvalue weighted by Gasteiger charge is -2.05. The smallest absolute Gasteiger partial charge is 0.250 e. The van der Waals surface area contributed by atoms with E-state index in [4.69, 9.17) is 17.3 Å². The molecular weight excluding hydrogens is 210 g/mol. The highest BCUT2D eigenvalue weighted by molar-refractivity contribution is 7.59. The van der Waals surface area contributed by atoms with Gasteiger partial charge in [-0.05, 0) is 17.7 Å². The van der Waals surface area contributed by atoms with E-state index >= 15 is 0 Å². The molecule has 0 saturated carbocycles. The zero-order chi connectivity index (χ0) is 9.14. The van der Waals surface area contributed by atoms with Gasteiger partial charge in [-0.2, -0.15) is 13.5 Å². The lowest BCUT2D eigenvalue weighted by Crippen LogP contribution is -2.20. The maximum atomic E-state index is 10.5. The molecule has 1 rings (SSSR count). The third-order valence-electron chi connectivity index (χ3n) is 1.46. The van der Waals surface area contributed by atoms with Gasteiger partial charge in [-0.1, -0.05) is 23.7 Å². The monoisotopic (exact) mass is 219 g/mol. The van der Waals surface area contributed by atoms with E-state index in [-0.39, 0.29) is 13.5 Å². The first-order chi connectivity index (χ1) is 5.61. The SMILES string of the molecule is NC(=O)[C@@H](O)c1ccc(Cl)cc1.S. The second kappa shape index (κ2) is 5.11. The van der Waals surface area contributed by atoms with Gasteiger partial charge in [0.05, 0.1) is 0 Å². The molecule has 1 atom stereocenters. The van der Waals surface area contributed by atoms with Crippen LogP contribution in [0.4, 0.5) is 0 Å². The first-order valence-electron chi connectivity index (χ1n) is 3.34. The van der Waals surface area contributed by atoms with E-state index in [0.29, 0.717) is 10.6 Å². The van der Waals surface area contributed by atoms with E-state index in [2.05, 4.69) is 0 Å². The average Bonchev–Trinajstić information content (AvgIpc) is 2.04. The van der Waals surface area contributed by atoms with Crippen LogP contribution in [-0.4, -0.2) is 11.0 Å². The van der Waals surface area contributed by atoms with Crippen molar-refractivity contribution in [3.05, 3.63) is 34.9 Å². The van der Waals surface area contributed by atoms with Crippen LogP contribution in [-0.2, 0) is 4.79 Å². The number of carbonyl (C=O) groups excluding carboxylic acids is 1. The predicted octanol–water partition coefficient (Wildman–Crippen LogP) is 0.971. The topological polar surface area (TPSA) is 63.3 Å². The first-order valence-corrected chi connectivity index (χ1v) is 3.72. The van der Waals surface area contributed by atoms with Crippen LogP contribution in [0.15, 0.2) is 24.3 Å². The molecule has 3 nitrogen and oxygen atoms in total. The van der Waals surface area contributed by atoms with Crippen LogP contribution in [0.2, 0.25) is 5.02 Å². The summed E-state index contributed by atoms with van der Waals surface area (Å²) in [4.78, 5) is 10.5. The summed E-state index contributed by atoms with van der Waals surface area (Å²) >= 11 is 5.60. The molecule has 0 aliphatic carbocycles. The molecule has 0 aromatic heterocycles. The number of hydrogen-bond acceptors (Lipinski definition) is 2. The molecule has 1 aromatic rings. The fraction of sp³-hybridized carbons (Fsp3) is 0.125. The van der Waals surface area contributed by atoms with Crippen molar-refractivity contribution in [2.45, 2.75) is 6.10 Å². The Morgan fingerprint density at radius 2 is 1.85 bits per heavy atom. The Labute approximate surface area is 88.0 Å². The molecule has 72 valence electrons. The second-order valence-electron chi connectivity index (χ2n) is 2.36. The predicted molar refractivity (Wildman–Crippen MR) is 56.0 cm³/mol. The van der Waals surface area contributed by atoms with Crippen LogP contribution in [0, 0.1) is 0 Å². The number of amides is 1. The largest absolute Gasteiger partial charge is 0.378 e. The number of rotatable bonds is 2. The van der Waals surface area contributed by atoms with Crippen molar-refractivity contribution in [3.63, 3.8) is 0 Å². The van der Waals surface area contributed by atoms with E-state index in [1.54, 1.807) is 24.3 Å². The molecule has 5 heteroatoms. The summed E-state index contributed by atoms with van der Waals surface area (Å²) in [5.74, 6) is -0.766. The number of aliphatic hydroxyl groups is 1. The Morgan fingerprint density at radius 1 is 1.38 bits per heavy atom. The maximum absolute atomic E-state index is 10.5. The minimum atomic E-state index is -1.25. The number of aliphatic hydroxyl groups excluding tert-OH is 1. The van der Waals surface area contributed by atoms with Gasteiger partial charge in [0.15, 0.2) is 6.10 Å². The molecule has 1 aromatic carbocycles. The Balaban J connectivity index is 0.00000144. The Morgan fingerprint density at radius 3 is 2.23 bits per heavy atom. The summed E-state index contributed by atoms with van der Waals surface area (Å²) in [6.45, 7) is 0. The van der Waals surface area contributed by atoms with Crippen LogP contribution in [0.3, 0.4) is 0 Å². The Bertz CT molecular complexity index is 289. The summed E-state index contributed by atoms with van der Waals surface area (Å²) in [5, 5.41) is 9.72. The highest BCUT2D eigenvalue weighted by atomic mass is 35.5. The van der Waals surface area contributed by atoms with Gasteiger partial charge < -0.3 is 10.8 Å². The fourth-order valence-corrected chi connectivity index (χ4v) is 0.935. The van der Waals surface area contributed by atoms with Crippen LogP contribution in [0.5, 0.6) is 0 Å². The molecule has 0 radical (unpaired) electrons. The zero-order valence-electron chi connectivity index (χ0n) is 6.70. The van der Waals surface area contributed by atoms with Gasteiger partial charge in [0, 0.05) is 5.02 Å². The van der Waals surface area contributed by atoms with Gasteiger partial charge >= 0.3 is 0 Å². The summed E-state index contributed by atoms with van der Waals surface area (Å²) in [7, 11) is 0. The molecule has 0 fully saturated rings. The fourth-order valence-electron chi connectivity index (χ4n) is 0.809. The maximum Gasteiger partial charge on any atom is 0.250 e. The van der Waals surface area contributed by atoms with Crippen LogP contribution < -0.4 is 5.73 Å². The van der Waals surface area contributed by atoms with Crippen LogP contribution >= 0.6 is 25.1 Å². The average molecular weight is 220 g/mol. The molecule has 0 saturated heterocycles. The molecule has 0 aliphatic rings. The molecule has 1 amide bonds. The number of halogens is 1. The molecule has 0 heterocycles. The van der Waals surface area contributed by atoms with E-state index in [1.807, 2.05) is 0 Å². The van der Waals surface area contributed by atoms with E-state index in [1.165, 1.54) is 0 Å². The highest BCUT2D eigenvalue weighted by Crippen LogP contribution is 2.15. The van der Waals surface area contributed by atoms with Crippen molar-refractivity contribution in [2.75, 3.05) is 0 Å². The highest BCUT2D eigenvalue weighted by Gasteiger charge is 2.12. The summed E-state index contributed by atoms with van der Waals surface area (Å²) < 4.78 is 0. The Hall–Kier alpha value is -0.710. The summed E-state index contributed by atoms with van der Waals surface area (Å²) in [5.41, 5.74) is 5.33. The van der Waals surface area contributed by atoms with Gasteiger partial charge in [-0.15, -0.1) is 0 Å². The van der Waals surface area contributed by atoms with Crippen LogP contribution in [0.1, 0.15) is 11.7 Å². The van der Waals surface area contributed by atoms with Crippen molar-refractivity contribution in [3.8, 4) is 0 Å². The van der Waals surface area contributed by atoms with Crippen molar-refractivity contribution in [2.24, 2.45) is 5.73 Å². The quantitative estimate of drug-likeness (QED) is 0.779. The molecule has 13 heavy (non-hydrogen) atoms. The first kappa shape index (κ1) is 12.3. The van der Waals surface area contributed by atoms with E-state index in [9.17, 15) is 9.90 Å². The minimum absolute atomic E-state index is 0. The normalized spacial score (nSPS) is 11.5. The van der Waals surface area contributed by atoms with Gasteiger partial charge in [0.2, 0.25) is 0 Å². The lowest BCUT2D eigenvalue weighted by atomic mass is 10.1. The van der Waals surface area contributed by atoms with Gasteiger partial charge in [-0.3, -0.25) is 4.79 Å².